The molecule has 122 valence electrons. The van der Waals surface area contributed by atoms with Gasteiger partial charge in [-0.2, -0.15) is 0 Å². The topological polar surface area (TPSA) is 47.6 Å². The zero-order valence-electron chi connectivity index (χ0n) is 13.6. The molecule has 0 heterocycles. The highest BCUT2D eigenvalue weighted by Crippen LogP contribution is 2.26. The molecule has 0 saturated heterocycles. The molecule has 1 amide bonds. The number of anilines is 1. The van der Waals surface area contributed by atoms with Crippen molar-refractivity contribution in [2.45, 2.75) is 18.7 Å². The number of thioether (sulfide) groups is 1. The van der Waals surface area contributed by atoms with Gasteiger partial charge in [-0.05, 0) is 55.8 Å². The quantitative estimate of drug-likeness (QED) is 0.775. The Bertz CT molecular complexity index is 656. The van der Waals surface area contributed by atoms with Crippen molar-refractivity contribution in [2.24, 2.45) is 0 Å². The van der Waals surface area contributed by atoms with Gasteiger partial charge >= 0.3 is 0 Å². The normalized spacial score (nSPS) is 10.2. The van der Waals surface area contributed by atoms with Gasteiger partial charge in [-0.1, -0.05) is 6.07 Å². The van der Waals surface area contributed by atoms with Crippen LogP contribution in [0.2, 0.25) is 0 Å². The Morgan fingerprint density at radius 2 is 1.91 bits per heavy atom. The molecule has 2 aromatic carbocycles. The molecule has 0 aliphatic carbocycles. The largest absolute Gasteiger partial charge is 0.495 e. The summed E-state index contributed by atoms with van der Waals surface area (Å²) in [5, 5.41) is 2.89. The molecule has 1 N–H and O–H groups in total. The Labute approximate surface area is 141 Å². The lowest BCUT2D eigenvalue weighted by Gasteiger charge is -2.11. The van der Waals surface area contributed by atoms with Gasteiger partial charge in [-0.3, -0.25) is 4.79 Å². The van der Waals surface area contributed by atoms with E-state index in [9.17, 15) is 4.79 Å². The third kappa shape index (κ3) is 5.21. The molecule has 0 aliphatic rings. The van der Waals surface area contributed by atoms with Crippen molar-refractivity contribution < 1.29 is 14.3 Å². The van der Waals surface area contributed by atoms with Crippen LogP contribution in [0.1, 0.15) is 12.5 Å². The second-order valence-corrected chi connectivity index (χ2v) is 5.99. The summed E-state index contributed by atoms with van der Waals surface area (Å²) < 4.78 is 10.7. The standard InChI is InChI=1S/C18H21NO3S/c1-4-22-14-6-8-15(9-7-14)23-12-18(20)19-16-11-13(2)5-10-17(16)21-3/h5-11H,4,12H2,1-3H3,(H,19,20). The Balaban J connectivity index is 1.91. The van der Waals surface area contributed by atoms with E-state index in [-0.39, 0.29) is 5.91 Å². The SMILES string of the molecule is CCOc1ccc(SCC(=O)Nc2cc(C)ccc2OC)cc1. The minimum Gasteiger partial charge on any atom is -0.495 e. The second-order valence-electron chi connectivity index (χ2n) is 4.95. The number of methoxy groups -OCH3 is 1. The smallest absolute Gasteiger partial charge is 0.234 e. The van der Waals surface area contributed by atoms with Gasteiger partial charge in [0, 0.05) is 4.90 Å². The first kappa shape index (κ1) is 17.2. The van der Waals surface area contributed by atoms with Crippen LogP contribution in [0.25, 0.3) is 0 Å². The van der Waals surface area contributed by atoms with E-state index >= 15 is 0 Å². The molecular formula is C18H21NO3S. The zero-order valence-corrected chi connectivity index (χ0v) is 14.4. The number of aryl methyl sites for hydroxylation is 1. The number of hydrogen-bond donors (Lipinski definition) is 1. The molecule has 2 aromatic rings. The van der Waals surface area contributed by atoms with Crippen LogP contribution in [0.5, 0.6) is 11.5 Å². The maximum Gasteiger partial charge on any atom is 0.234 e. The van der Waals surface area contributed by atoms with Crippen molar-refractivity contribution in [3.8, 4) is 11.5 Å². The fourth-order valence-electron chi connectivity index (χ4n) is 2.05. The van der Waals surface area contributed by atoms with E-state index in [4.69, 9.17) is 9.47 Å². The molecule has 0 spiro atoms. The van der Waals surface area contributed by atoms with Gasteiger partial charge in [0.2, 0.25) is 5.91 Å². The predicted molar refractivity (Wildman–Crippen MR) is 94.7 cm³/mol. The lowest BCUT2D eigenvalue weighted by molar-refractivity contribution is -0.113. The maximum atomic E-state index is 12.1. The van der Waals surface area contributed by atoms with Crippen molar-refractivity contribution in [1.29, 1.82) is 0 Å². The molecule has 0 aromatic heterocycles. The molecule has 5 heteroatoms. The number of carbonyl (C=O) groups excluding carboxylic acids is 1. The monoisotopic (exact) mass is 331 g/mol. The highest BCUT2D eigenvalue weighted by molar-refractivity contribution is 8.00. The third-order valence-corrected chi connectivity index (χ3v) is 4.15. The first-order chi connectivity index (χ1) is 11.1. The summed E-state index contributed by atoms with van der Waals surface area (Å²) in [6.07, 6.45) is 0. The van der Waals surface area contributed by atoms with Crippen LogP contribution < -0.4 is 14.8 Å². The van der Waals surface area contributed by atoms with Gasteiger partial charge in [0.25, 0.3) is 0 Å². The van der Waals surface area contributed by atoms with Crippen molar-refractivity contribution in [1.82, 2.24) is 0 Å². The van der Waals surface area contributed by atoms with Gasteiger partial charge in [0.15, 0.2) is 0 Å². The maximum absolute atomic E-state index is 12.1. The molecule has 0 bridgehead atoms. The number of benzene rings is 2. The first-order valence-electron chi connectivity index (χ1n) is 7.42. The van der Waals surface area contributed by atoms with E-state index in [2.05, 4.69) is 5.32 Å². The molecule has 0 aliphatic heterocycles. The van der Waals surface area contributed by atoms with Gasteiger partial charge in [-0.15, -0.1) is 11.8 Å². The Morgan fingerprint density at radius 3 is 2.57 bits per heavy atom. The molecule has 0 atom stereocenters. The van der Waals surface area contributed by atoms with Crippen molar-refractivity contribution in [2.75, 3.05) is 24.8 Å². The number of carbonyl (C=O) groups is 1. The number of rotatable bonds is 7. The van der Waals surface area contributed by atoms with Crippen LogP contribution in [0.15, 0.2) is 47.4 Å². The number of nitrogens with one attached hydrogen (secondary N) is 1. The summed E-state index contributed by atoms with van der Waals surface area (Å²) in [4.78, 5) is 13.2. The number of ether oxygens (including phenoxy) is 2. The van der Waals surface area contributed by atoms with Crippen molar-refractivity contribution in [3.05, 3.63) is 48.0 Å². The van der Waals surface area contributed by atoms with E-state index in [0.717, 1.165) is 16.2 Å². The zero-order chi connectivity index (χ0) is 16.7. The summed E-state index contributed by atoms with van der Waals surface area (Å²) in [5.41, 5.74) is 1.77. The summed E-state index contributed by atoms with van der Waals surface area (Å²) in [7, 11) is 1.59. The van der Waals surface area contributed by atoms with E-state index < -0.39 is 0 Å². The third-order valence-electron chi connectivity index (χ3n) is 3.13. The Kier molecular flexibility index (Phi) is 6.35. The fraction of sp³-hybridized carbons (Fsp3) is 0.278. The summed E-state index contributed by atoms with van der Waals surface area (Å²) in [6, 6.07) is 13.4. The number of hydrogen-bond acceptors (Lipinski definition) is 4. The molecule has 0 unspecified atom stereocenters. The first-order valence-corrected chi connectivity index (χ1v) is 8.41. The molecule has 0 radical (unpaired) electrons. The van der Waals surface area contributed by atoms with Crippen LogP contribution in [0.4, 0.5) is 5.69 Å². The van der Waals surface area contributed by atoms with Gasteiger partial charge < -0.3 is 14.8 Å². The number of amides is 1. The molecule has 2 rings (SSSR count). The summed E-state index contributed by atoms with van der Waals surface area (Å²) in [6.45, 7) is 4.57. The molecule has 0 saturated carbocycles. The van der Waals surface area contributed by atoms with Crippen LogP contribution in [-0.2, 0) is 4.79 Å². The predicted octanol–water partition coefficient (Wildman–Crippen LogP) is 4.13. The van der Waals surface area contributed by atoms with E-state index in [0.29, 0.717) is 23.8 Å². The summed E-state index contributed by atoms with van der Waals surface area (Å²) >= 11 is 1.48. The lowest BCUT2D eigenvalue weighted by Crippen LogP contribution is -2.14. The van der Waals surface area contributed by atoms with E-state index in [1.165, 1.54) is 11.8 Å². The van der Waals surface area contributed by atoms with Crippen molar-refractivity contribution >= 4 is 23.4 Å². The molecular weight excluding hydrogens is 310 g/mol. The van der Waals surface area contributed by atoms with Gasteiger partial charge in [0.05, 0.1) is 25.2 Å². The minimum absolute atomic E-state index is 0.0622. The van der Waals surface area contributed by atoms with Gasteiger partial charge in [-0.25, -0.2) is 0 Å². The highest BCUT2D eigenvalue weighted by Gasteiger charge is 2.08. The lowest BCUT2D eigenvalue weighted by atomic mass is 10.2. The second kappa shape index (κ2) is 8.48. The fourth-order valence-corrected chi connectivity index (χ4v) is 2.75. The van der Waals surface area contributed by atoms with E-state index in [1.54, 1.807) is 7.11 Å². The van der Waals surface area contributed by atoms with Crippen LogP contribution >= 0.6 is 11.8 Å². The van der Waals surface area contributed by atoms with Crippen LogP contribution in [0, 0.1) is 6.92 Å². The van der Waals surface area contributed by atoms with Crippen LogP contribution in [-0.4, -0.2) is 25.4 Å². The minimum atomic E-state index is -0.0622. The van der Waals surface area contributed by atoms with Gasteiger partial charge in [0.1, 0.15) is 11.5 Å². The van der Waals surface area contributed by atoms with Crippen molar-refractivity contribution in [3.63, 3.8) is 0 Å². The molecule has 4 nitrogen and oxygen atoms in total. The average molecular weight is 331 g/mol. The average Bonchev–Trinajstić information content (AvgIpc) is 2.55. The van der Waals surface area contributed by atoms with E-state index in [1.807, 2.05) is 56.3 Å². The summed E-state index contributed by atoms with van der Waals surface area (Å²) in [5.74, 6) is 1.78. The molecule has 0 fully saturated rings. The highest BCUT2D eigenvalue weighted by atomic mass is 32.2. The molecule has 23 heavy (non-hydrogen) atoms. The Morgan fingerprint density at radius 1 is 1.17 bits per heavy atom. The van der Waals surface area contributed by atoms with Crippen LogP contribution in [0.3, 0.4) is 0 Å². The Hall–Kier alpha value is -2.14.